The maximum Gasteiger partial charge on any atom is 0.294 e. The summed E-state index contributed by atoms with van der Waals surface area (Å²) < 4.78 is 25.3. The van der Waals surface area contributed by atoms with Gasteiger partial charge in [0.25, 0.3) is 11.1 Å². The Bertz CT molecular complexity index is 1210. The second kappa shape index (κ2) is 11.5. The van der Waals surface area contributed by atoms with Crippen molar-refractivity contribution >= 4 is 50.8 Å². The van der Waals surface area contributed by atoms with Gasteiger partial charge in [0.05, 0.1) is 16.5 Å². The molecular weight excluding hydrogens is 551 g/mol. The fourth-order valence-corrected chi connectivity index (χ4v) is 5.44. The molecule has 4 rings (SSSR count). The topological polar surface area (TPSA) is 76.2 Å². The van der Waals surface area contributed by atoms with Crippen LogP contribution in [0.25, 0.3) is 6.08 Å². The fourth-order valence-electron chi connectivity index (χ4n) is 4.03. The number of imide groups is 1. The Morgan fingerprint density at radius 1 is 1.22 bits per heavy atom. The minimum atomic E-state index is -0.495. The zero-order valence-electron chi connectivity index (χ0n) is 20.0. The Labute approximate surface area is 221 Å². The molecule has 2 fully saturated rings. The Hall–Kier alpha value is -2.85. The standard InChI is InChI=1S/C26H26BrFN2O5S/c1-16-6-8-29(9-7-16)23(31)14-30-25(32)22(36-26(30)33)13-18-11-20(27)24(21(12-18)34-2)35-15-17-4-3-5-19(28)10-17/h3-5,10-13,16H,6-9,14-15H2,1-2H3/b22-13+. The molecule has 0 spiro atoms. The summed E-state index contributed by atoms with van der Waals surface area (Å²) in [7, 11) is 1.49. The number of ether oxygens (including phenoxy) is 2. The minimum absolute atomic E-state index is 0.134. The van der Waals surface area contributed by atoms with Gasteiger partial charge in [0.15, 0.2) is 11.5 Å². The monoisotopic (exact) mass is 576 g/mol. The Morgan fingerprint density at radius 2 is 1.97 bits per heavy atom. The molecule has 7 nitrogen and oxygen atoms in total. The molecule has 2 aliphatic heterocycles. The SMILES string of the molecule is COc1cc(/C=C2/SC(=O)N(CC(=O)N3CCC(C)CC3)C2=O)cc(Br)c1OCc1cccc(F)c1. The molecule has 0 N–H and O–H groups in total. The quantitative estimate of drug-likeness (QED) is 0.407. The van der Waals surface area contributed by atoms with Crippen LogP contribution in [0.3, 0.4) is 0 Å². The van der Waals surface area contributed by atoms with Crippen molar-refractivity contribution < 1.29 is 28.2 Å². The number of likely N-dealkylation sites (tertiary alicyclic amines) is 1. The van der Waals surface area contributed by atoms with Gasteiger partial charge in [0, 0.05) is 13.1 Å². The molecule has 190 valence electrons. The number of halogens is 2. The second-order valence-electron chi connectivity index (χ2n) is 8.78. The third kappa shape index (κ3) is 6.10. The Kier molecular flexibility index (Phi) is 8.35. The highest BCUT2D eigenvalue weighted by Crippen LogP contribution is 2.39. The molecule has 0 bridgehead atoms. The van der Waals surface area contributed by atoms with Crippen molar-refractivity contribution in [3.63, 3.8) is 0 Å². The van der Waals surface area contributed by atoms with Gasteiger partial charge in [-0.3, -0.25) is 19.3 Å². The van der Waals surface area contributed by atoms with Crippen molar-refractivity contribution in [3.8, 4) is 11.5 Å². The smallest absolute Gasteiger partial charge is 0.294 e. The van der Waals surface area contributed by atoms with Crippen LogP contribution >= 0.6 is 27.7 Å². The van der Waals surface area contributed by atoms with Gasteiger partial charge in [-0.2, -0.15) is 0 Å². The summed E-state index contributed by atoms with van der Waals surface area (Å²) in [5, 5.41) is -0.467. The molecule has 3 amide bonds. The van der Waals surface area contributed by atoms with E-state index >= 15 is 0 Å². The van der Waals surface area contributed by atoms with Gasteiger partial charge in [-0.25, -0.2) is 4.39 Å². The number of hydrogen-bond donors (Lipinski definition) is 0. The van der Waals surface area contributed by atoms with Crippen LogP contribution in [-0.4, -0.2) is 53.6 Å². The van der Waals surface area contributed by atoms with Gasteiger partial charge in [-0.05, 0) is 87.9 Å². The first-order valence-electron chi connectivity index (χ1n) is 11.5. The predicted octanol–water partition coefficient (Wildman–Crippen LogP) is 5.47. The number of benzene rings is 2. The number of hydrogen-bond acceptors (Lipinski definition) is 6. The van der Waals surface area contributed by atoms with Gasteiger partial charge in [-0.1, -0.05) is 19.1 Å². The molecular formula is C26H26BrFN2O5S. The highest BCUT2D eigenvalue weighted by atomic mass is 79.9. The number of carbonyl (C=O) groups excluding carboxylic acids is 3. The first-order valence-corrected chi connectivity index (χ1v) is 13.1. The predicted molar refractivity (Wildman–Crippen MR) is 139 cm³/mol. The van der Waals surface area contributed by atoms with E-state index in [0.717, 1.165) is 29.5 Å². The molecule has 0 atom stereocenters. The van der Waals surface area contributed by atoms with Crippen molar-refractivity contribution in [3.05, 3.63) is 62.7 Å². The lowest BCUT2D eigenvalue weighted by atomic mass is 9.99. The van der Waals surface area contributed by atoms with E-state index in [4.69, 9.17) is 9.47 Å². The summed E-state index contributed by atoms with van der Waals surface area (Å²) in [4.78, 5) is 41.1. The van der Waals surface area contributed by atoms with Gasteiger partial charge >= 0.3 is 0 Å². The van der Waals surface area contributed by atoms with Crippen molar-refractivity contribution in [2.45, 2.75) is 26.4 Å². The average molecular weight is 577 g/mol. The summed E-state index contributed by atoms with van der Waals surface area (Å²) in [6.07, 6.45) is 3.43. The number of carbonyl (C=O) groups is 3. The lowest BCUT2D eigenvalue weighted by Gasteiger charge is -2.31. The molecule has 36 heavy (non-hydrogen) atoms. The average Bonchev–Trinajstić information content (AvgIpc) is 3.10. The van der Waals surface area contributed by atoms with E-state index in [2.05, 4.69) is 22.9 Å². The summed E-state index contributed by atoms with van der Waals surface area (Å²) >= 11 is 4.27. The molecule has 2 heterocycles. The van der Waals surface area contributed by atoms with Gasteiger partial charge in [-0.15, -0.1) is 0 Å². The molecule has 2 aromatic carbocycles. The summed E-state index contributed by atoms with van der Waals surface area (Å²) in [5.41, 5.74) is 1.27. The third-order valence-electron chi connectivity index (χ3n) is 6.13. The summed E-state index contributed by atoms with van der Waals surface area (Å²) in [6, 6.07) is 9.53. The molecule has 2 saturated heterocycles. The number of amides is 3. The number of rotatable bonds is 7. The van der Waals surface area contributed by atoms with Gasteiger partial charge in [0.2, 0.25) is 5.91 Å². The van der Waals surface area contributed by atoms with Crippen LogP contribution in [0.2, 0.25) is 0 Å². The molecule has 0 radical (unpaired) electrons. The van der Waals surface area contributed by atoms with E-state index < -0.39 is 11.1 Å². The van der Waals surface area contributed by atoms with E-state index in [1.54, 1.807) is 35.2 Å². The van der Waals surface area contributed by atoms with Crippen molar-refractivity contribution in [2.75, 3.05) is 26.7 Å². The van der Waals surface area contributed by atoms with Crippen molar-refractivity contribution in [1.29, 1.82) is 0 Å². The number of piperidine rings is 1. The van der Waals surface area contributed by atoms with Crippen LogP contribution in [0, 0.1) is 11.7 Å². The molecule has 2 aliphatic rings. The van der Waals surface area contributed by atoms with E-state index in [9.17, 15) is 18.8 Å². The lowest BCUT2D eigenvalue weighted by molar-refractivity contribution is -0.136. The van der Waals surface area contributed by atoms with Gasteiger partial charge in [0.1, 0.15) is 19.0 Å². The lowest BCUT2D eigenvalue weighted by Crippen LogP contribution is -2.45. The Balaban J connectivity index is 1.47. The second-order valence-corrected chi connectivity index (χ2v) is 10.6. The minimum Gasteiger partial charge on any atom is -0.493 e. The summed E-state index contributed by atoms with van der Waals surface area (Å²) in [5.74, 6) is 0.344. The molecule has 0 aliphatic carbocycles. The van der Waals surface area contributed by atoms with Crippen molar-refractivity contribution in [2.24, 2.45) is 5.92 Å². The van der Waals surface area contributed by atoms with E-state index in [0.29, 0.717) is 46.1 Å². The van der Waals surface area contributed by atoms with Crippen LogP contribution in [0.5, 0.6) is 11.5 Å². The first kappa shape index (κ1) is 26.2. The van der Waals surface area contributed by atoms with E-state index in [-0.39, 0.29) is 29.8 Å². The Morgan fingerprint density at radius 3 is 2.67 bits per heavy atom. The molecule has 10 heteroatoms. The fraction of sp³-hybridized carbons (Fsp3) is 0.346. The zero-order valence-corrected chi connectivity index (χ0v) is 22.4. The van der Waals surface area contributed by atoms with E-state index in [1.807, 2.05) is 0 Å². The largest absolute Gasteiger partial charge is 0.493 e. The van der Waals surface area contributed by atoms with Crippen LogP contribution in [-0.2, 0) is 16.2 Å². The van der Waals surface area contributed by atoms with Gasteiger partial charge < -0.3 is 14.4 Å². The zero-order chi connectivity index (χ0) is 25.8. The maximum absolute atomic E-state index is 13.5. The number of thioether (sulfide) groups is 1. The molecule has 2 aromatic rings. The van der Waals surface area contributed by atoms with Crippen LogP contribution in [0.15, 0.2) is 45.8 Å². The maximum atomic E-state index is 13.5. The van der Waals surface area contributed by atoms with Crippen LogP contribution in [0.1, 0.15) is 30.9 Å². The van der Waals surface area contributed by atoms with Crippen molar-refractivity contribution in [1.82, 2.24) is 9.80 Å². The first-order chi connectivity index (χ1) is 17.2. The highest BCUT2D eigenvalue weighted by Gasteiger charge is 2.37. The van der Waals surface area contributed by atoms with E-state index in [1.165, 1.54) is 19.2 Å². The van der Waals surface area contributed by atoms with Crippen LogP contribution < -0.4 is 9.47 Å². The normalized spacial score (nSPS) is 17.7. The van der Waals surface area contributed by atoms with Crippen LogP contribution in [0.4, 0.5) is 9.18 Å². The number of methoxy groups -OCH3 is 1. The third-order valence-corrected chi connectivity index (χ3v) is 7.62. The number of nitrogens with zero attached hydrogens (tertiary/aromatic N) is 2. The molecule has 0 aromatic heterocycles. The molecule has 0 saturated carbocycles. The summed E-state index contributed by atoms with van der Waals surface area (Å²) in [6.45, 7) is 3.33. The highest BCUT2D eigenvalue weighted by molar-refractivity contribution is 9.10. The molecule has 0 unspecified atom stereocenters.